The molecule has 4 heteroatoms. The Morgan fingerprint density at radius 3 is 2.39 bits per heavy atom. The maximum absolute atomic E-state index is 12.9. The maximum atomic E-state index is 12.9. The Labute approximate surface area is 113 Å². The third kappa shape index (κ3) is 5.34. The van der Waals surface area contributed by atoms with Crippen LogP contribution in [0.1, 0.15) is 33.3 Å². The molecule has 1 rings (SSSR count). The quantitative estimate of drug-likeness (QED) is 0.883. The highest BCUT2D eigenvalue weighted by Gasteiger charge is 2.24. The topological polar surface area (TPSA) is 32.3 Å². The zero-order valence-corrected chi connectivity index (χ0v) is 12.1. The van der Waals surface area contributed by atoms with E-state index in [4.69, 9.17) is 11.6 Å². The molecule has 0 aliphatic heterocycles. The first-order chi connectivity index (χ1) is 8.09. The van der Waals surface area contributed by atoms with Gasteiger partial charge in [0, 0.05) is 23.5 Å². The van der Waals surface area contributed by atoms with Gasteiger partial charge in [-0.1, -0.05) is 17.7 Å². The SMILES string of the molecule is CC(O)(CNC(C)(C)C)Cc1ccc(F)cc1Cl. The van der Waals surface area contributed by atoms with Crippen molar-refractivity contribution in [3.05, 3.63) is 34.6 Å². The number of hydrogen-bond donors (Lipinski definition) is 2. The van der Waals surface area contributed by atoms with Crippen LogP contribution in [-0.4, -0.2) is 22.8 Å². The number of β-amino-alcohol motifs (C(OH)–C–C–N with tert-alkyl or cyclic N) is 1. The van der Waals surface area contributed by atoms with Crippen LogP contribution < -0.4 is 5.32 Å². The average Bonchev–Trinajstić information content (AvgIpc) is 2.19. The van der Waals surface area contributed by atoms with Crippen molar-refractivity contribution in [2.75, 3.05) is 6.54 Å². The summed E-state index contributed by atoms with van der Waals surface area (Å²) in [6.07, 6.45) is 0.384. The Kier molecular flexibility index (Phi) is 4.76. The standard InChI is InChI=1S/C14H21ClFNO/c1-13(2,3)17-9-14(4,18)8-10-5-6-11(16)7-12(10)15/h5-7,17-18H,8-9H2,1-4H3. The summed E-state index contributed by atoms with van der Waals surface area (Å²) >= 11 is 5.95. The molecule has 0 saturated heterocycles. The number of halogens is 2. The predicted molar refractivity (Wildman–Crippen MR) is 73.5 cm³/mol. The van der Waals surface area contributed by atoms with Crippen molar-refractivity contribution in [1.29, 1.82) is 0 Å². The second kappa shape index (κ2) is 5.55. The van der Waals surface area contributed by atoms with E-state index < -0.39 is 5.60 Å². The average molecular weight is 274 g/mol. The number of benzene rings is 1. The Hall–Kier alpha value is -0.640. The lowest BCUT2D eigenvalue weighted by Crippen LogP contribution is -2.47. The summed E-state index contributed by atoms with van der Waals surface area (Å²) in [4.78, 5) is 0. The number of hydrogen-bond acceptors (Lipinski definition) is 2. The third-order valence-electron chi connectivity index (χ3n) is 2.59. The minimum absolute atomic E-state index is 0.0589. The summed E-state index contributed by atoms with van der Waals surface area (Å²) in [5.41, 5.74) is -0.232. The molecule has 0 spiro atoms. The van der Waals surface area contributed by atoms with E-state index in [1.54, 1.807) is 13.0 Å². The maximum Gasteiger partial charge on any atom is 0.124 e. The van der Waals surface area contributed by atoms with Gasteiger partial charge in [-0.3, -0.25) is 0 Å². The summed E-state index contributed by atoms with van der Waals surface area (Å²) in [5.74, 6) is -0.365. The molecule has 0 amide bonds. The van der Waals surface area contributed by atoms with E-state index >= 15 is 0 Å². The number of aliphatic hydroxyl groups is 1. The van der Waals surface area contributed by atoms with E-state index in [1.807, 2.05) is 20.8 Å². The largest absolute Gasteiger partial charge is 0.389 e. The first-order valence-corrected chi connectivity index (χ1v) is 6.38. The van der Waals surface area contributed by atoms with Gasteiger partial charge in [-0.05, 0) is 45.4 Å². The zero-order chi connectivity index (χ0) is 14.0. The molecule has 2 nitrogen and oxygen atoms in total. The van der Waals surface area contributed by atoms with E-state index in [9.17, 15) is 9.50 Å². The first kappa shape index (κ1) is 15.4. The number of rotatable bonds is 4. The van der Waals surface area contributed by atoms with Crippen LogP contribution in [0.3, 0.4) is 0 Å². The van der Waals surface area contributed by atoms with Crippen molar-refractivity contribution in [2.45, 2.75) is 45.3 Å². The van der Waals surface area contributed by atoms with E-state index in [-0.39, 0.29) is 11.4 Å². The fourth-order valence-electron chi connectivity index (χ4n) is 1.59. The van der Waals surface area contributed by atoms with Crippen LogP contribution in [0.4, 0.5) is 4.39 Å². The van der Waals surface area contributed by atoms with Crippen molar-refractivity contribution < 1.29 is 9.50 Å². The van der Waals surface area contributed by atoms with Crippen LogP contribution in [0.25, 0.3) is 0 Å². The monoisotopic (exact) mass is 273 g/mol. The van der Waals surface area contributed by atoms with Crippen LogP contribution in [0.5, 0.6) is 0 Å². The van der Waals surface area contributed by atoms with Crippen molar-refractivity contribution in [2.24, 2.45) is 0 Å². The molecule has 1 atom stereocenters. The molecule has 0 aliphatic carbocycles. The lowest BCUT2D eigenvalue weighted by Gasteiger charge is -2.29. The number of nitrogens with one attached hydrogen (secondary N) is 1. The van der Waals surface area contributed by atoms with Gasteiger partial charge in [0.1, 0.15) is 5.82 Å². The van der Waals surface area contributed by atoms with E-state index in [1.165, 1.54) is 12.1 Å². The zero-order valence-electron chi connectivity index (χ0n) is 11.3. The van der Waals surface area contributed by atoms with Gasteiger partial charge in [0.25, 0.3) is 0 Å². The van der Waals surface area contributed by atoms with Crippen molar-refractivity contribution in [3.8, 4) is 0 Å². The van der Waals surface area contributed by atoms with Crippen LogP contribution >= 0.6 is 11.6 Å². The minimum Gasteiger partial charge on any atom is -0.389 e. The van der Waals surface area contributed by atoms with E-state index in [0.29, 0.717) is 18.0 Å². The fraction of sp³-hybridized carbons (Fsp3) is 0.571. The Morgan fingerprint density at radius 2 is 1.89 bits per heavy atom. The Bertz CT molecular complexity index is 413. The van der Waals surface area contributed by atoms with Crippen LogP contribution in [0.2, 0.25) is 5.02 Å². The molecule has 1 unspecified atom stereocenters. The van der Waals surface area contributed by atoms with Gasteiger partial charge in [-0.25, -0.2) is 4.39 Å². The Balaban J connectivity index is 2.70. The normalized spacial score (nSPS) is 15.5. The Morgan fingerprint density at radius 1 is 1.28 bits per heavy atom. The molecular weight excluding hydrogens is 253 g/mol. The van der Waals surface area contributed by atoms with Gasteiger partial charge in [0.15, 0.2) is 0 Å². The van der Waals surface area contributed by atoms with Crippen LogP contribution in [-0.2, 0) is 6.42 Å². The van der Waals surface area contributed by atoms with Crippen LogP contribution in [0.15, 0.2) is 18.2 Å². The molecule has 0 bridgehead atoms. The molecule has 2 N–H and O–H groups in total. The van der Waals surface area contributed by atoms with Gasteiger partial charge in [0.2, 0.25) is 0 Å². The molecular formula is C14H21ClFNO. The fourth-order valence-corrected chi connectivity index (χ4v) is 1.83. The second-order valence-electron chi connectivity index (χ2n) is 6.01. The summed E-state index contributed by atoms with van der Waals surface area (Å²) < 4.78 is 12.9. The molecule has 0 radical (unpaired) electrons. The molecule has 102 valence electrons. The van der Waals surface area contributed by atoms with Gasteiger partial charge < -0.3 is 10.4 Å². The van der Waals surface area contributed by atoms with Crippen molar-refractivity contribution in [1.82, 2.24) is 5.32 Å². The molecule has 1 aromatic rings. The van der Waals surface area contributed by atoms with Gasteiger partial charge in [-0.2, -0.15) is 0 Å². The predicted octanol–water partition coefficient (Wildman–Crippen LogP) is 3.16. The van der Waals surface area contributed by atoms with Gasteiger partial charge >= 0.3 is 0 Å². The third-order valence-corrected chi connectivity index (χ3v) is 2.94. The summed E-state index contributed by atoms with van der Waals surface area (Å²) in [6.45, 7) is 8.30. The minimum atomic E-state index is -0.922. The van der Waals surface area contributed by atoms with E-state index in [2.05, 4.69) is 5.32 Å². The summed E-state index contributed by atoms with van der Waals surface area (Å²) in [6, 6.07) is 4.24. The molecule has 18 heavy (non-hydrogen) atoms. The smallest absolute Gasteiger partial charge is 0.124 e. The lowest BCUT2D eigenvalue weighted by molar-refractivity contribution is 0.0535. The highest BCUT2D eigenvalue weighted by Crippen LogP contribution is 2.22. The van der Waals surface area contributed by atoms with Gasteiger partial charge in [-0.15, -0.1) is 0 Å². The molecule has 1 aromatic carbocycles. The molecule has 0 fully saturated rings. The van der Waals surface area contributed by atoms with E-state index in [0.717, 1.165) is 5.56 Å². The molecule has 0 aliphatic rings. The first-order valence-electron chi connectivity index (χ1n) is 6.00. The van der Waals surface area contributed by atoms with Crippen molar-refractivity contribution in [3.63, 3.8) is 0 Å². The second-order valence-corrected chi connectivity index (χ2v) is 6.42. The highest BCUT2D eigenvalue weighted by molar-refractivity contribution is 6.31. The molecule has 0 saturated carbocycles. The molecule has 0 heterocycles. The summed E-state index contributed by atoms with van der Waals surface area (Å²) in [7, 11) is 0. The highest BCUT2D eigenvalue weighted by atomic mass is 35.5. The lowest BCUT2D eigenvalue weighted by atomic mass is 9.95. The van der Waals surface area contributed by atoms with Crippen molar-refractivity contribution >= 4 is 11.6 Å². The van der Waals surface area contributed by atoms with Crippen LogP contribution in [0, 0.1) is 5.82 Å². The summed E-state index contributed by atoms with van der Waals surface area (Å²) in [5, 5.41) is 13.9. The molecule has 0 aromatic heterocycles. The van der Waals surface area contributed by atoms with Gasteiger partial charge in [0.05, 0.1) is 5.60 Å².